The molecule has 0 atom stereocenters. The van der Waals surface area contributed by atoms with Crippen molar-refractivity contribution < 1.29 is 23.6 Å². The van der Waals surface area contributed by atoms with Gasteiger partial charge in [0.1, 0.15) is 0 Å². The molecule has 0 spiro atoms. The maximum absolute atomic E-state index is 12.9. The summed E-state index contributed by atoms with van der Waals surface area (Å²) in [5.74, 6) is -1.03. The molecule has 0 unspecified atom stereocenters. The normalized spacial score (nSPS) is 12.2. The minimum atomic E-state index is -0.774. The number of benzene rings is 3. The Bertz CT molecular complexity index is 1390. The molecule has 0 fully saturated rings. The minimum Gasteiger partial charge on any atom is -0.452 e. The summed E-state index contributed by atoms with van der Waals surface area (Å²) in [5, 5.41) is 3.87. The van der Waals surface area contributed by atoms with Gasteiger partial charge < -0.3 is 15.0 Å². The van der Waals surface area contributed by atoms with Crippen LogP contribution in [-0.4, -0.2) is 27.7 Å². The highest BCUT2D eigenvalue weighted by atomic mass is 16.6. The van der Waals surface area contributed by atoms with Gasteiger partial charge in [-0.1, -0.05) is 59.8 Å². The standard InChI is InChI=1S/C24H15N3O5/c25-20-17(11-10-16-19(20)22(29)15-9-5-4-8-14(15)21(16)28)24(30)31-12-18-26-23(27-32-18)13-6-2-1-3-7-13/h1-11H,12,25H2. The van der Waals surface area contributed by atoms with Crippen molar-refractivity contribution in [2.45, 2.75) is 6.61 Å². The zero-order valence-electron chi connectivity index (χ0n) is 16.6. The second kappa shape index (κ2) is 7.59. The number of hydrogen-bond acceptors (Lipinski definition) is 8. The molecule has 0 aliphatic heterocycles. The molecule has 156 valence electrons. The van der Waals surface area contributed by atoms with Crippen LogP contribution < -0.4 is 5.73 Å². The first-order chi connectivity index (χ1) is 15.5. The Balaban J connectivity index is 1.38. The molecule has 0 saturated heterocycles. The molecule has 3 aromatic carbocycles. The van der Waals surface area contributed by atoms with E-state index in [1.54, 1.807) is 24.3 Å². The van der Waals surface area contributed by atoms with E-state index in [0.717, 1.165) is 5.56 Å². The van der Waals surface area contributed by atoms with Crippen molar-refractivity contribution in [1.82, 2.24) is 10.1 Å². The van der Waals surface area contributed by atoms with Crippen molar-refractivity contribution in [2.75, 3.05) is 5.73 Å². The lowest BCUT2D eigenvalue weighted by molar-refractivity contribution is 0.0431. The van der Waals surface area contributed by atoms with Gasteiger partial charge in [0.05, 0.1) is 16.8 Å². The number of aromatic nitrogens is 2. The van der Waals surface area contributed by atoms with Crippen molar-refractivity contribution in [3.63, 3.8) is 0 Å². The lowest BCUT2D eigenvalue weighted by atomic mass is 9.82. The van der Waals surface area contributed by atoms with E-state index >= 15 is 0 Å². The number of nitrogens with two attached hydrogens (primary N) is 1. The molecular weight excluding hydrogens is 410 g/mol. The number of carbonyl (C=O) groups is 3. The van der Waals surface area contributed by atoms with Gasteiger partial charge in [0.25, 0.3) is 5.89 Å². The smallest absolute Gasteiger partial charge is 0.340 e. The van der Waals surface area contributed by atoms with Gasteiger partial charge in [-0.25, -0.2) is 4.79 Å². The van der Waals surface area contributed by atoms with Crippen molar-refractivity contribution in [3.8, 4) is 11.4 Å². The fourth-order valence-electron chi connectivity index (χ4n) is 3.61. The summed E-state index contributed by atoms with van der Waals surface area (Å²) in [5.41, 5.74) is 7.50. The third kappa shape index (κ3) is 3.14. The fourth-order valence-corrected chi connectivity index (χ4v) is 3.61. The van der Waals surface area contributed by atoms with Gasteiger partial charge in [-0.3, -0.25) is 9.59 Å². The molecule has 32 heavy (non-hydrogen) atoms. The van der Waals surface area contributed by atoms with E-state index in [1.165, 1.54) is 12.1 Å². The van der Waals surface area contributed by atoms with Gasteiger partial charge in [-0.2, -0.15) is 4.98 Å². The Labute approximate surface area is 181 Å². The van der Waals surface area contributed by atoms with Crippen molar-refractivity contribution in [2.24, 2.45) is 0 Å². The second-order valence-corrected chi connectivity index (χ2v) is 7.11. The number of hydrogen-bond donors (Lipinski definition) is 1. The molecule has 0 amide bonds. The average Bonchev–Trinajstić information content (AvgIpc) is 3.30. The first kappa shape index (κ1) is 19.4. The first-order valence-corrected chi connectivity index (χ1v) is 9.70. The molecular formula is C24H15N3O5. The topological polar surface area (TPSA) is 125 Å². The molecule has 1 aliphatic rings. The fraction of sp³-hybridized carbons (Fsp3) is 0.0417. The van der Waals surface area contributed by atoms with Gasteiger partial charge in [0, 0.05) is 22.3 Å². The number of anilines is 1. The molecule has 8 nitrogen and oxygen atoms in total. The lowest BCUT2D eigenvalue weighted by Gasteiger charge is -2.20. The maximum Gasteiger partial charge on any atom is 0.340 e. The maximum atomic E-state index is 12.9. The largest absolute Gasteiger partial charge is 0.452 e. The van der Waals surface area contributed by atoms with Crippen LogP contribution in [0.2, 0.25) is 0 Å². The molecule has 4 aromatic rings. The van der Waals surface area contributed by atoms with Crippen LogP contribution >= 0.6 is 0 Å². The minimum absolute atomic E-state index is 0.00676. The van der Waals surface area contributed by atoms with Crippen molar-refractivity contribution in [3.05, 3.63) is 100 Å². The summed E-state index contributed by atoms with van der Waals surface area (Å²) in [6, 6.07) is 18.5. The zero-order valence-corrected chi connectivity index (χ0v) is 16.6. The van der Waals surface area contributed by atoms with Crippen molar-refractivity contribution in [1.29, 1.82) is 0 Å². The van der Waals surface area contributed by atoms with Gasteiger partial charge in [0.2, 0.25) is 5.82 Å². The quantitative estimate of drug-likeness (QED) is 0.343. The van der Waals surface area contributed by atoms with E-state index in [1.807, 2.05) is 30.3 Å². The molecule has 8 heteroatoms. The molecule has 0 bridgehead atoms. The second-order valence-electron chi connectivity index (χ2n) is 7.11. The van der Waals surface area contributed by atoms with Crippen LogP contribution in [0.3, 0.4) is 0 Å². The van der Waals surface area contributed by atoms with Gasteiger partial charge in [-0.15, -0.1) is 0 Å². The predicted molar refractivity (Wildman–Crippen MR) is 113 cm³/mol. The van der Waals surface area contributed by atoms with Crippen LogP contribution in [0.1, 0.15) is 48.1 Å². The Morgan fingerprint density at radius 2 is 1.56 bits per heavy atom. The highest BCUT2D eigenvalue weighted by Crippen LogP contribution is 2.33. The third-order valence-electron chi connectivity index (χ3n) is 5.18. The van der Waals surface area contributed by atoms with Crippen LogP contribution in [0.15, 0.2) is 71.3 Å². The molecule has 2 N–H and O–H groups in total. The zero-order chi connectivity index (χ0) is 22.2. The van der Waals surface area contributed by atoms with Crippen LogP contribution in [0.5, 0.6) is 0 Å². The number of ether oxygens (including phenoxy) is 1. The monoisotopic (exact) mass is 425 g/mol. The number of fused-ring (bicyclic) bond motifs is 2. The van der Waals surface area contributed by atoms with Gasteiger partial charge >= 0.3 is 5.97 Å². The van der Waals surface area contributed by atoms with E-state index in [9.17, 15) is 14.4 Å². The van der Waals surface area contributed by atoms with Gasteiger partial charge in [-0.05, 0) is 12.1 Å². The molecule has 0 saturated carbocycles. The number of carbonyl (C=O) groups excluding carboxylic acids is 3. The Hall–Kier alpha value is -4.59. The molecule has 1 aliphatic carbocycles. The number of rotatable bonds is 4. The van der Waals surface area contributed by atoms with Crippen molar-refractivity contribution >= 4 is 23.2 Å². The Morgan fingerprint density at radius 1 is 0.875 bits per heavy atom. The Kier molecular flexibility index (Phi) is 4.59. The van der Waals surface area contributed by atoms with Crippen LogP contribution in [0.4, 0.5) is 5.69 Å². The lowest BCUT2D eigenvalue weighted by Crippen LogP contribution is -2.24. The van der Waals surface area contributed by atoms with Crippen LogP contribution in [0, 0.1) is 0 Å². The summed E-state index contributed by atoms with van der Waals surface area (Å²) in [4.78, 5) is 42.6. The number of nitrogen functional groups attached to an aromatic ring is 1. The van der Waals surface area contributed by atoms with E-state index in [2.05, 4.69) is 10.1 Å². The van der Waals surface area contributed by atoms with E-state index in [4.69, 9.17) is 15.0 Å². The number of esters is 1. The van der Waals surface area contributed by atoms with E-state index < -0.39 is 11.8 Å². The summed E-state index contributed by atoms with van der Waals surface area (Å²) < 4.78 is 10.4. The van der Waals surface area contributed by atoms with E-state index in [0.29, 0.717) is 11.4 Å². The summed E-state index contributed by atoms with van der Waals surface area (Å²) in [7, 11) is 0. The van der Waals surface area contributed by atoms with Crippen LogP contribution in [-0.2, 0) is 11.3 Å². The summed E-state index contributed by atoms with van der Waals surface area (Å²) in [6.45, 7) is -0.273. The molecule has 1 heterocycles. The third-order valence-corrected chi connectivity index (χ3v) is 5.18. The van der Waals surface area contributed by atoms with E-state index in [-0.39, 0.29) is 46.2 Å². The predicted octanol–water partition coefficient (Wildman–Crippen LogP) is 3.45. The highest BCUT2D eigenvalue weighted by molar-refractivity contribution is 6.30. The summed E-state index contributed by atoms with van der Waals surface area (Å²) >= 11 is 0. The number of nitrogens with zero attached hydrogens (tertiary/aromatic N) is 2. The molecule has 1 aromatic heterocycles. The van der Waals surface area contributed by atoms with Gasteiger partial charge in [0.15, 0.2) is 18.2 Å². The molecule has 0 radical (unpaired) electrons. The highest BCUT2D eigenvalue weighted by Gasteiger charge is 2.33. The number of ketones is 2. The summed E-state index contributed by atoms with van der Waals surface area (Å²) in [6.07, 6.45) is 0. The van der Waals surface area contributed by atoms with Crippen LogP contribution in [0.25, 0.3) is 11.4 Å². The molecule has 5 rings (SSSR count). The average molecular weight is 425 g/mol. The first-order valence-electron chi connectivity index (χ1n) is 9.70. The Morgan fingerprint density at radius 3 is 2.31 bits per heavy atom. The SMILES string of the molecule is Nc1c(C(=O)OCc2nc(-c3ccccc3)no2)ccc2c1C(=O)c1ccccc1C2=O.